The zero-order valence-corrected chi connectivity index (χ0v) is 10.4. The van der Waals surface area contributed by atoms with Gasteiger partial charge < -0.3 is 10.3 Å². The van der Waals surface area contributed by atoms with E-state index in [1.54, 1.807) is 13.3 Å². The highest BCUT2D eigenvalue weighted by Gasteiger charge is 2.00. The number of aryl methyl sites for hydroxylation is 1. The fraction of sp³-hybridized carbons (Fsp3) is 0.286. The minimum absolute atomic E-state index is 0.0928. The van der Waals surface area contributed by atoms with E-state index in [1.807, 2.05) is 30.5 Å². The minimum atomic E-state index is 0.0928. The molecule has 0 aliphatic rings. The van der Waals surface area contributed by atoms with Crippen LogP contribution in [0.5, 0.6) is 0 Å². The van der Waals surface area contributed by atoms with Crippen LogP contribution in [0.1, 0.15) is 29.4 Å². The molecule has 0 spiro atoms. The maximum absolute atomic E-state index is 11.2. The SMILES string of the molecule is CC(=O)c1cccc(NCCCc2c[nH]cn2)c1. The van der Waals surface area contributed by atoms with E-state index in [1.165, 1.54) is 0 Å². The Labute approximate surface area is 106 Å². The summed E-state index contributed by atoms with van der Waals surface area (Å²) in [5, 5.41) is 3.31. The topological polar surface area (TPSA) is 57.8 Å². The molecule has 1 heterocycles. The van der Waals surface area contributed by atoms with E-state index < -0.39 is 0 Å². The summed E-state index contributed by atoms with van der Waals surface area (Å²) in [5.41, 5.74) is 2.81. The number of carbonyl (C=O) groups is 1. The van der Waals surface area contributed by atoms with Crippen LogP contribution in [0, 0.1) is 0 Å². The number of hydrogen-bond acceptors (Lipinski definition) is 3. The van der Waals surface area contributed by atoms with Gasteiger partial charge in [0.25, 0.3) is 0 Å². The number of anilines is 1. The predicted molar refractivity (Wildman–Crippen MR) is 71.8 cm³/mol. The van der Waals surface area contributed by atoms with Crippen molar-refractivity contribution in [1.29, 1.82) is 0 Å². The summed E-state index contributed by atoms with van der Waals surface area (Å²) in [6, 6.07) is 7.59. The van der Waals surface area contributed by atoms with Crippen LogP contribution in [-0.4, -0.2) is 22.3 Å². The monoisotopic (exact) mass is 243 g/mol. The lowest BCUT2D eigenvalue weighted by molar-refractivity contribution is 0.101. The van der Waals surface area contributed by atoms with Crippen molar-refractivity contribution in [3.8, 4) is 0 Å². The molecule has 2 aromatic rings. The van der Waals surface area contributed by atoms with Gasteiger partial charge >= 0.3 is 0 Å². The van der Waals surface area contributed by atoms with E-state index in [2.05, 4.69) is 15.3 Å². The summed E-state index contributed by atoms with van der Waals surface area (Å²) in [6.45, 7) is 2.45. The Bertz CT molecular complexity index is 506. The molecule has 0 aliphatic heterocycles. The van der Waals surface area contributed by atoms with Crippen molar-refractivity contribution in [3.05, 3.63) is 48.0 Å². The van der Waals surface area contributed by atoms with E-state index in [0.717, 1.165) is 36.3 Å². The number of nitrogens with zero attached hydrogens (tertiary/aromatic N) is 1. The smallest absolute Gasteiger partial charge is 0.159 e. The Kier molecular flexibility index (Phi) is 4.12. The number of aromatic amines is 1. The Morgan fingerprint density at radius 3 is 3.06 bits per heavy atom. The molecular formula is C14H17N3O. The average molecular weight is 243 g/mol. The van der Waals surface area contributed by atoms with Gasteiger partial charge in [-0.2, -0.15) is 0 Å². The normalized spacial score (nSPS) is 10.3. The molecule has 1 aromatic heterocycles. The number of H-pyrrole nitrogens is 1. The molecule has 4 heteroatoms. The lowest BCUT2D eigenvalue weighted by Gasteiger charge is -2.06. The van der Waals surface area contributed by atoms with Crippen molar-refractivity contribution in [3.63, 3.8) is 0 Å². The van der Waals surface area contributed by atoms with Gasteiger partial charge in [0.15, 0.2) is 5.78 Å². The average Bonchev–Trinajstić information content (AvgIpc) is 2.88. The zero-order valence-electron chi connectivity index (χ0n) is 10.4. The lowest BCUT2D eigenvalue weighted by atomic mass is 10.1. The van der Waals surface area contributed by atoms with Crippen molar-refractivity contribution < 1.29 is 4.79 Å². The highest BCUT2D eigenvalue weighted by atomic mass is 16.1. The lowest BCUT2D eigenvalue weighted by Crippen LogP contribution is -2.04. The first-order chi connectivity index (χ1) is 8.75. The number of aromatic nitrogens is 2. The fourth-order valence-electron chi connectivity index (χ4n) is 1.78. The van der Waals surface area contributed by atoms with Crippen molar-refractivity contribution in [1.82, 2.24) is 9.97 Å². The van der Waals surface area contributed by atoms with Crippen molar-refractivity contribution >= 4 is 11.5 Å². The summed E-state index contributed by atoms with van der Waals surface area (Å²) in [6.07, 6.45) is 5.56. The molecular weight excluding hydrogens is 226 g/mol. The first-order valence-corrected chi connectivity index (χ1v) is 6.08. The number of rotatable bonds is 6. The molecule has 0 aliphatic carbocycles. The third kappa shape index (κ3) is 3.45. The van der Waals surface area contributed by atoms with Crippen molar-refractivity contribution in [2.24, 2.45) is 0 Å². The first kappa shape index (κ1) is 12.4. The van der Waals surface area contributed by atoms with Gasteiger partial charge in [-0.3, -0.25) is 4.79 Å². The van der Waals surface area contributed by atoms with E-state index in [9.17, 15) is 4.79 Å². The largest absolute Gasteiger partial charge is 0.385 e. The van der Waals surface area contributed by atoms with Crippen molar-refractivity contribution in [2.45, 2.75) is 19.8 Å². The molecule has 2 rings (SSSR count). The molecule has 0 amide bonds. The number of benzene rings is 1. The van der Waals surface area contributed by atoms with E-state index >= 15 is 0 Å². The summed E-state index contributed by atoms with van der Waals surface area (Å²) in [4.78, 5) is 18.4. The van der Waals surface area contributed by atoms with Gasteiger partial charge in [0.05, 0.1) is 12.0 Å². The highest BCUT2D eigenvalue weighted by Crippen LogP contribution is 2.11. The second-order valence-corrected chi connectivity index (χ2v) is 4.23. The van der Waals surface area contributed by atoms with Crippen LogP contribution in [0.15, 0.2) is 36.8 Å². The van der Waals surface area contributed by atoms with Gasteiger partial charge in [0.1, 0.15) is 0 Å². The Morgan fingerprint density at radius 2 is 2.33 bits per heavy atom. The quantitative estimate of drug-likeness (QED) is 0.605. The molecule has 18 heavy (non-hydrogen) atoms. The van der Waals surface area contributed by atoms with Crippen LogP contribution in [-0.2, 0) is 6.42 Å². The Morgan fingerprint density at radius 1 is 1.44 bits per heavy atom. The molecule has 0 atom stereocenters. The summed E-state index contributed by atoms with van der Waals surface area (Å²) in [5.74, 6) is 0.0928. The molecule has 0 saturated carbocycles. The summed E-state index contributed by atoms with van der Waals surface area (Å²) < 4.78 is 0. The minimum Gasteiger partial charge on any atom is -0.385 e. The van der Waals surface area contributed by atoms with Crippen LogP contribution in [0.3, 0.4) is 0 Å². The molecule has 1 aromatic carbocycles. The molecule has 0 unspecified atom stereocenters. The van der Waals surface area contributed by atoms with Gasteiger partial charge in [-0.1, -0.05) is 12.1 Å². The maximum atomic E-state index is 11.2. The molecule has 0 saturated heterocycles. The summed E-state index contributed by atoms with van der Waals surface area (Å²) >= 11 is 0. The molecule has 0 fully saturated rings. The van der Waals surface area contributed by atoms with Gasteiger partial charge in [0.2, 0.25) is 0 Å². The maximum Gasteiger partial charge on any atom is 0.159 e. The van der Waals surface area contributed by atoms with Gasteiger partial charge in [-0.05, 0) is 31.9 Å². The number of carbonyl (C=O) groups excluding carboxylic acids is 1. The number of hydrogen-bond donors (Lipinski definition) is 2. The Balaban J connectivity index is 1.79. The number of ketones is 1. The first-order valence-electron chi connectivity index (χ1n) is 6.08. The van der Waals surface area contributed by atoms with E-state index in [4.69, 9.17) is 0 Å². The molecule has 2 N–H and O–H groups in total. The second-order valence-electron chi connectivity index (χ2n) is 4.23. The molecule has 0 radical (unpaired) electrons. The number of imidazole rings is 1. The van der Waals surface area contributed by atoms with E-state index in [-0.39, 0.29) is 5.78 Å². The molecule has 94 valence electrons. The van der Waals surface area contributed by atoms with Gasteiger partial charge in [-0.25, -0.2) is 4.98 Å². The van der Waals surface area contributed by atoms with Crippen molar-refractivity contribution in [2.75, 3.05) is 11.9 Å². The van der Waals surface area contributed by atoms with Gasteiger partial charge in [0, 0.05) is 24.0 Å². The number of Topliss-reactive ketones (excluding diaryl/α,β-unsaturated/α-hetero) is 1. The van der Waals surface area contributed by atoms with E-state index in [0.29, 0.717) is 0 Å². The highest BCUT2D eigenvalue weighted by molar-refractivity contribution is 5.94. The summed E-state index contributed by atoms with van der Waals surface area (Å²) in [7, 11) is 0. The fourth-order valence-corrected chi connectivity index (χ4v) is 1.78. The van der Waals surface area contributed by atoms with Crippen LogP contribution < -0.4 is 5.32 Å². The van der Waals surface area contributed by atoms with Crippen LogP contribution in [0.25, 0.3) is 0 Å². The standard InChI is InChI=1S/C14H17N3O/c1-11(18)12-4-2-5-13(8-12)16-7-3-6-14-9-15-10-17-14/h2,4-5,8-10,16H,3,6-7H2,1H3,(H,15,17). The predicted octanol–water partition coefficient (Wildman–Crippen LogP) is 2.66. The third-order valence-corrected chi connectivity index (χ3v) is 2.76. The zero-order chi connectivity index (χ0) is 12.8. The van der Waals surface area contributed by atoms with Crippen LogP contribution in [0.2, 0.25) is 0 Å². The number of nitrogens with one attached hydrogen (secondary N) is 2. The molecule has 0 bridgehead atoms. The second kappa shape index (κ2) is 6.00. The Hall–Kier alpha value is -2.10. The van der Waals surface area contributed by atoms with Crippen LogP contribution >= 0.6 is 0 Å². The molecule has 4 nitrogen and oxygen atoms in total. The van der Waals surface area contributed by atoms with Gasteiger partial charge in [-0.15, -0.1) is 0 Å². The van der Waals surface area contributed by atoms with Crippen LogP contribution in [0.4, 0.5) is 5.69 Å². The third-order valence-electron chi connectivity index (χ3n) is 2.76.